The topological polar surface area (TPSA) is 9.86 Å². The van der Waals surface area contributed by atoms with E-state index >= 15 is 0 Å². The number of aryl methyl sites for hydroxylation is 2. The predicted octanol–water partition coefficient (Wildman–Crippen LogP) is 15.9. The highest BCUT2D eigenvalue weighted by molar-refractivity contribution is 6.08. The number of hydrogen-bond donors (Lipinski definition) is 0. The number of hydrogen-bond acceptors (Lipinski definition) is 0. The third-order valence-electron chi connectivity index (χ3n) is 11.5. The van der Waals surface area contributed by atoms with E-state index in [1.54, 1.807) is 22.3 Å². The summed E-state index contributed by atoms with van der Waals surface area (Å²) in [6, 6.07) is 52.3. The lowest BCUT2D eigenvalue weighted by Gasteiger charge is -2.31. The largest absolute Gasteiger partial charge is 0.344 e. The highest BCUT2D eigenvalue weighted by Gasteiger charge is 2.57. The van der Waals surface area contributed by atoms with Crippen LogP contribution in [0.4, 0.5) is 0 Å². The van der Waals surface area contributed by atoms with Crippen molar-refractivity contribution in [2.45, 2.75) is 106 Å². The average molecular weight is 745 g/mol. The fourth-order valence-electron chi connectivity index (χ4n) is 9.25. The lowest BCUT2D eigenvalue weighted by atomic mass is 9.72. The molecule has 2 aliphatic carbocycles. The van der Waals surface area contributed by atoms with Crippen LogP contribution in [0.5, 0.6) is 0 Å². The molecule has 2 atom stereocenters. The molecular weight excluding hydrogens is 677 g/mol. The monoisotopic (exact) mass is 745 g/mol. The van der Waals surface area contributed by atoms with Gasteiger partial charge in [-0.05, 0) is 57.3 Å². The Bertz CT molecular complexity index is 2170. The van der Waals surface area contributed by atoms with E-state index in [-0.39, 0.29) is 10.8 Å². The summed E-state index contributed by atoms with van der Waals surface area (Å²) in [5.41, 5.74) is 11.9. The van der Waals surface area contributed by atoms with Crippen LogP contribution in [0.3, 0.4) is 0 Å². The molecule has 8 aromatic rings. The maximum Gasteiger partial charge on any atom is 0.0488 e. The second kappa shape index (κ2) is 19.2. The lowest BCUT2D eigenvalue weighted by molar-refractivity contribution is 0.349. The van der Waals surface area contributed by atoms with Gasteiger partial charge in [0.05, 0.1) is 0 Å². The van der Waals surface area contributed by atoms with E-state index in [1.807, 2.05) is 55.4 Å². The van der Waals surface area contributed by atoms with Gasteiger partial charge in [-0.1, -0.05) is 204 Å². The molecule has 0 saturated carbocycles. The van der Waals surface area contributed by atoms with Gasteiger partial charge in [0.2, 0.25) is 0 Å². The molecule has 2 unspecified atom stereocenters. The Morgan fingerprint density at radius 3 is 0.804 bits per heavy atom. The molecule has 0 saturated heterocycles. The summed E-state index contributed by atoms with van der Waals surface area (Å²) in [4.78, 5) is 0. The zero-order valence-electron chi connectivity index (χ0n) is 36.9. The van der Waals surface area contributed by atoms with Crippen LogP contribution < -0.4 is 0 Å². The van der Waals surface area contributed by atoms with E-state index in [0.717, 1.165) is 0 Å². The SMILES string of the molecule is CC.CC.CC.CC.CC1(C)c2ccccc2C2C1c1ccccc1C2(C)C.Cn1c2ccccc2c2ccccc21.Cn1c2ccccc2c2ccccc21. The third-order valence-corrected chi connectivity index (χ3v) is 11.5. The van der Waals surface area contributed by atoms with Gasteiger partial charge in [0.25, 0.3) is 0 Å². The number of aromatic nitrogens is 2. The summed E-state index contributed by atoms with van der Waals surface area (Å²) >= 11 is 0. The quantitative estimate of drug-likeness (QED) is 0.146. The number of benzene rings is 6. The molecule has 0 N–H and O–H groups in total. The average Bonchev–Trinajstić information content (AvgIpc) is 3.91. The van der Waals surface area contributed by atoms with Crippen molar-refractivity contribution in [2.75, 3.05) is 0 Å². The van der Waals surface area contributed by atoms with E-state index in [0.29, 0.717) is 11.8 Å². The summed E-state index contributed by atoms with van der Waals surface area (Å²) in [6.07, 6.45) is 0. The van der Waals surface area contributed by atoms with Crippen LogP contribution in [0, 0.1) is 0 Å². The van der Waals surface area contributed by atoms with Crippen LogP contribution >= 0.6 is 0 Å². The highest BCUT2D eigenvalue weighted by atomic mass is 14.9. The Balaban J connectivity index is 0.000000174. The van der Waals surface area contributed by atoms with Crippen LogP contribution in [-0.4, -0.2) is 9.13 Å². The standard InChI is InChI=1S/C20H22.2C13H11N.4C2H6/c1-19(2)15-11-7-5-9-13(15)18-17(19)14-10-6-8-12-16(14)20(18,3)4;2*1-14-12-8-4-2-6-10(12)11-7-3-5-9-13(11)14;4*1-2/h5-12,17-18H,1-4H3;2*2-9H,1H3;4*1-2H3. The van der Waals surface area contributed by atoms with E-state index in [9.17, 15) is 0 Å². The molecule has 2 nitrogen and oxygen atoms in total. The van der Waals surface area contributed by atoms with Crippen molar-refractivity contribution in [3.63, 3.8) is 0 Å². The van der Waals surface area contributed by atoms with Crippen molar-refractivity contribution >= 4 is 43.6 Å². The number of fused-ring (bicyclic) bond motifs is 11. The summed E-state index contributed by atoms with van der Waals surface area (Å²) in [5, 5.41) is 5.35. The Labute approximate surface area is 339 Å². The van der Waals surface area contributed by atoms with Crippen LogP contribution in [0.1, 0.15) is 117 Å². The Hall–Kier alpha value is -5.08. The molecule has 2 heterocycles. The van der Waals surface area contributed by atoms with Crippen molar-refractivity contribution in [1.29, 1.82) is 0 Å². The molecule has 0 aliphatic heterocycles. The van der Waals surface area contributed by atoms with Crippen molar-refractivity contribution in [1.82, 2.24) is 9.13 Å². The van der Waals surface area contributed by atoms with Gasteiger partial charge in [-0.25, -0.2) is 0 Å². The fraction of sp³-hybridized carbons (Fsp3) is 0.333. The second-order valence-corrected chi connectivity index (χ2v) is 14.8. The smallest absolute Gasteiger partial charge is 0.0488 e. The van der Waals surface area contributed by atoms with Gasteiger partial charge in [0.1, 0.15) is 0 Å². The molecule has 0 amide bonds. The molecule has 2 aromatic heterocycles. The normalized spacial score (nSPS) is 16.0. The summed E-state index contributed by atoms with van der Waals surface area (Å²) in [5.74, 6) is 1.23. The first-order chi connectivity index (χ1) is 27.2. The number of rotatable bonds is 0. The Morgan fingerprint density at radius 1 is 0.321 bits per heavy atom. The van der Waals surface area contributed by atoms with Crippen molar-refractivity contribution in [3.05, 3.63) is 168 Å². The van der Waals surface area contributed by atoms with Gasteiger partial charge >= 0.3 is 0 Å². The molecular formula is C54H68N2. The Kier molecular flexibility index (Phi) is 14.9. The van der Waals surface area contributed by atoms with E-state index in [4.69, 9.17) is 0 Å². The first-order valence-electron chi connectivity index (χ1n) is 21.2. The van der Waals surface area contributed by atoms with Crippen molar-refractivity contribution < 1.29 is 0 Å². The molecule has 294 valence electrons. The first-order valence-corrected chi connectivity index (χ1v) is 21.2. The molecule has 0 fully saturated rings. The zero-order chi connectivity index (χ0) is 41.2. The van der Waals surface area contributed by atoms with Gasteiger partial charge in [-0.3, -0.25) is 0 Å². The first kappa shape index (κ1) is 43.6. The van der Waals surface area contributed by atoms with Gasteiger partial charge in [-0.2, -0.15) is 0 Å². The van der Waals surface area contributed by atoms with Crippen molar-refractivity contribution in [2.24, 2.45) is 14.1 Å². The van der Waals surface area contributed by atoms with Crippen LogP contribution in [0.2, 0.25) is 0 Å². The van der Waals surface area contributed by atoms with Gasteiger partial charge in [0, 0.05) is 69.5 Å². The van der Waals surface area contributed by atoms with E-state index < -0.39 is 0 Å². The molecule has 10 rings (SSSR count). The minimum Gasteiger partial charge on any atom is -0.344 e. The highest BCUT2D eigenvalue weighted by Crippen LogP contribution is 2.66. The van der Waals surface area contributed by atoms with Crippen LogP contribution in [0.15, 0.2) is 146 Å². The van der Waals surface area contributed by atoms with Gasteiger partial charge in [-0.15, -0.1) is 0 Å². The maximum atomic E-state index is 2.43. The predicted molar refractivity (Wildman–Crippen MR) is 251 cm³/mol. The molecule has 6 aromatic carbocycles. The number of para-hydroxylation sites is 4. The molecule has 0 bridgehead atoms. The fourth-order valence-corrected chi connectivity index (χ4v) is 9.25. The second-order valence-electron chi connectivity index (χ2n) is 14.8. The van der Waals surface area contributed by atoms with E-state index in [1.165, 1.54) is 43.6 Å². The van der Waals surface area contributed by atoms with Crippen LogP contribution in [0.25, 0.3) is 43.6 Å². The molecule has 0 radical (unpaired) electrons. The van der Waals surface area contributed by atoms with Gasteiger partial charge < -0.3 is 9.13 Å². The molecule has 2 heteroatoms. The summed E-state index contributed by atoms with van der Waals surface area (Å²) < 4.78 is 4.48. The minimum atomic E-state index is 0.227. The third kappa shape index (κ3) is 7.68. The molecule has 0 spiro atoms. The maximum absolute atomic E-state index is 2.43. The molecule has 2 aliphatic rings. The summed E-state index contributed by atoms with van der Waals surface area (Å²) in [6.45, 7) is 25.7. The van der Waals surface area contributed by atoms with Crippen LogP contribution in [-0.2, 0) is 24.9 Å². The number of nitrogens with zero attached hydrogens (tertiary/aromatic N) is 2. The summed E-state index contributed by atoms with van der Waals surface area (Å²) in [7, 11) is 4.23. The minimum absolute atomic E-state index is 0.227. The van der Waals surface area contributed by atoms with E-state index in [2.05, 4.69) is 197 Å². The zero-order valence-corrected chi connectivity index (χ0v) is 36.9. The molecule has 56 heavy (non-hydrogen) atoms. The Morgan fingerprint density at radius 2 is 0.536 bits per heavy atom. The van der Waals surface area contributed by atoms with Gasteiger partial charge in [0.15, 0.2) is 0 Å². The lowest BCUT2D eigenvalue weighted by Crippen LogP contribution is -2.25. The van der Waals surface area contributed by atoms with Crippen molar-refractivity contribution in [3.8, 4) is 0 Å².